The van der Waals surface area contributed by atoms with Gasteiger partial charge in [-0.05, 0) is 42.2 Å². The Labute approximate surface area is 193 Å². The molecule has 172 valence electrons. The number of para-hydroxylation sites is 1. The summed E-state index contributed by atoms with van der Waals surface area (Å²) < 4.78 is 65.4. The molecule has 1 aliphatic carbocycles. The highest BCUT2D eigenvalue weighted by atomic mass is 35.5. The number of carbonyl (C=O) groups excluding carboxylic acids is 1. The summed E-state index contributed by atoms with van der Waals surface area (Å²) in [5.74, 6) is -0.779. The van der Waals surface area contributed by atoms with E-state index in [0.29, 0.717) is 24.9 Å². The van der Waals surface area contributed by atoms with Crippen LogP contribution in [0.2, 0.25) is 0 Å². The van der Waals surface area contributed by atoms with Crippen molar-refractivity contribution in [3.63, 3.8) is 0 Å². The standard InChI is InChI=1S/C21H19Cl2F3N2O3S/c22-20(23)10-16(20)11-28-18(29)9-6-14-2-1-3-17(19(14)28)27-32(30,31)12-13-4-7-15(8-5-13)21(24,25)26/h1-5,7-8,16,27H,6,9-12H2. The first-order valence-electron chi connectivity index (χ1n) is 9.82. The van der Waals surface area contributed by atoms with Crippen LogP contribution in [0.1, 0.15) is 29.5 Å². The van der Waals surface area contributed by atoms with E-state index in [0.717, 1.165) is 29.8 Å². The molecule has 0 saturated heterocycles. The van der Waals surface area contributed by atoms with Gasteiger partial charge in [0.05, 0.1) is 22.7 Å². The molecule has 1 atom stereocenters. The lowest BCUT2D eigenvalue weighted by atomic mass is 9.99. The molecule has 32 heavy (non-hydrogen) atoms. The number of nitrogens with one attached hydrogen (secondary N) is 1. The van der Waals surface area contributed by atoms with Crippen molar-refractivity contribution in [2.75, 3.05) is 16.2 Å². The molecule has 5 nitrogen and oxygen atoms in total. The monoisotopic (exact) mass is 506 g/mol. The van der Waals surface area contributed by atoms with E-state index in [-0.39, 0.29) is 29.6 Å². The Hall–Kier alpha value is -1.97. The first kappa shape index (κ1) is 23.2. The number of anilines is 2. The third kappa shape index (κ3) is 5.00. The molecule has 0 aromatic heterocycles. The molecule has 1 unspecified atom stereocenters. The van der Waals surface area contributed by atoms with E-state index in [4.69, 9.17) is 23.2 Å². The topological polar surface area (TPSA) is 66.5 Å². The number of hydrogen-bond acceptors (Lipinski definition) is 3. The molecule has 1 N–H and O–H groups in total. The lowest BCUT2D eigenvalue weighted by Crippen LogP contribution is -2.38. The van der Waals surface area contributed by atoms with Crippen LogP contribution in [0.15, 0.2) is 42.5 Å². The lowest BCUT2D eigenvalue weighted by molar-refractivity contribution is -0.137. The number of rotatable bonds is 6. The van der Waals surface area contributed by atoms with Gasteiger partial charge in [-0.15, -0.1) is 23.2 Å². The van der Waals surface area contributed by atoms with E-state index in [2.05, 4.69) is 4.72 Å². The minimum atomic E-state index is -4.50. The fraction of sp³-hybridized carbons (Fsp3) is 0.381. The second-order valence-electron chi connectivity index (χ2n) is 8.04. The Balaban J connectivity index is 1.57. The van der Waals surface area contributed by atoms with E-state index < -0.39 is 31.8 Å². The highest BCUT2D eigenvalue weighted by Gasteiger charge is 2.53. The zero-order valence-corrected chi connectivity index (χ0v) is 19.0. The molecule has 1 amide bonds. The van der Waals surface area contributed by atoms with Crippen molar-refractivity contribution in [3.05, 3.63) is 59.2 Å². The predicted molar refractivity (Wildman–Crippen MR) is 117 cm³/mol. The largest absolute Gasteiger partial charge is 0.416 e. The summed E-state index contributed by atoms with van der Waals surface area (Å²) in [5, 5.41) is 0. The molecule has 0 spiro atoms. The van der Waals surface area contributed by atoms with Crippen LogP contribution < -0.4 is 9.62 Å². The summed E-state index contributed by atoms with van der Waals surface area (Å²) in [6.07, 6.45) is -3.20. The summed E-state index contributed by atoms with van der Waals surface area (Å²) in [6.45, 7) is 0.274. The normalized spacial score (nSPS) is 20.1. The first-order chi connectivity index (χ1) is 14.9. The number of amides is 1. The van der Waals surface area contributed by atoms with Crippen LogP contribution in [0.25, 0.3) is 0 Å². The van der Waals surface area contributed by atoms with Crippen molar-refractivity contribution < 1.29 is 26.4 Å². The van der Waals surface area contributed by atoms with E-state index in [1.165, 1.54) is 4.90 Å². The SMILES string of the molecule is O=C1CCc2cccc(NS(=O)(=O)Cc3ccc(C(F)(F)F)cc3)c2N1CC1CC1(Cl)Cl. The van der Waals surface area contributed by atoms with E-state index in [1.807, 2.05) is 6.07 Å². The molecular formula is C21H19Cl2F3N2O3S. The maximum atomic E-state index is 12.8. The van der Waals surface area contributed by atoms with Crippen LogP contribution in [0, 0.1) is 5.92 Å². The number of aryl methyl sites for hydroxylation is 1. The molecule has 4 rings (SSSR count). The number of sulfonamides is 1. The van der Waals surface area contributed by atoms with Crippen molar-refractivity contribution in [2.24, 2.45) is 5.92 Å². The minimum Gasteiger partial charge on any atom is -0.310 e. The van der Waals surface area contributed by atoms with Crippen LogP contribution in [0.4, 0.5) is 24.5 Å². The maximum absolute atomic E-state index is 12.8. The molecule has 1 heterocycles. The highest BCUT2D eigenvalue weighted by molar-refractivity contribution is 7.91. The number of benzene rings is 2. The van der Waals surface area contributed by atoms with E-state index in [9.17, 15) is 26.4 Å². The quantitative estimate of drug-likeness (QED) is 0.552. The van der Waals surface area contributed by atoms with Gasteiger partial charge in [-0.1, -0.05) is 24.3 Å². The van der Waals surface area contributed by atoms with E-state index in [1.54, 1.807) is 12.1 Å². The van der Waals surface area contributed by atoms with Crippen molar-refractivity contribution in [2.45, 2.75) is 35.5 Å². The summed E-state index contributed by atoms with van der Waals surface area (Å²) in [7, 11) is -3.97. The first-order valence-corrected chi connectivity index (χ1v) is 12.2. The number of fused-ring (bicyclic) bond motifs is 1. The molecular weight excluding hydrogens is 488 g/mol. The van der Waals surface area contributed by atoms with Crippen LogP contribution in [0.5, 0.6) is 0 Å². The van der Waals surface area contributed by atoms with Gasteiger partial charge in [0.25, 0.3) is 0 Å². The fourth-order valence-corrected chi connectivity index (χ4v) is 5.50. The molecule has 1 saturated carbocycles. The fourth-order valence-electron chi connectivity index (χ4n) is 3.79. The molecule has 1 aliphatic heterocycles. The Kier molecular flexibility index (Phi) is 5.88. The highest BCUT2D eigenvalue weighted by Crippen LogP contribution is 2.54. The Morgan fingerprint density at radius 1 is 1.09 bits per heavy atom. The van der Waals surface area contributed by atoms with Gasteiger partial charge < -0.3 is 4.90 Å². The van der Waals surface area contributed by atoms with Crippen LogP contribution in [0.3, 0.4) is 0 Å². The number of alkyl halides is 5. The average molecular weight is 507 g/mol. The Morgan fingerprint density at radius 2 is 1.75 bits per heavy atom. The molecule has 1 fully saturated rings. The molecule has 0 radical (unpaired) electrons. The maximum Gasteiger partial charge on any atom is 0.416 e. The van der Waals surface area contributed by atoms with Crippen molar-refractivity contribution >= 4 is 50.5 Å². The smallest absolute Gasteiger partial charge is 0.310 e. The zero-order valence-electron chi connectivity index (χ0n) is 16.6. The Morgan fingerprint density at radius 3 is 2.34 bits per heavy atom. The Bertz CT molecular complexity index is 1150. The number of halogens is 5. The molecule has 11 heteroatoms. The lowest BCUT2D eigenvalue weighted by Gasteiger charge is -2.32. The van der Waals surface area contributed by atoms with Gasteiger partial charge in [-0.2, -0.15) is 13.2 Å². The van der Waals surface area contributed by atoms with Crippen LogP contribution in [-0.2, 0) is 33.2 Å². The average Bonchev–Trinajstić information content (AvgIpc) is 3.29. The van der Waals surface area contributed by atoms with Gasteiger partial charge in [0.2, 0.25) is 15.9 Å². The van der Waals surface area contributed by atoms with Gasteiger partial charge >= 0.3 is 6.18 Å². The number of nitrogens with zero attached hydrogens (tertiary/aromatic N) is 1. The summed E-state index contributed by atoms with van der Waals surface area (Å²) in [6, 6.07) is 9.01. The van der Waals surface area contributed by atoms with Gasteiger partial charge in [0, 0.05) is 18.9 Å². The molecule has 0 bridgehead atoms. The van der Waals surface area contributed by atoms with Crippen LogP contribution in [-0.4, -0.2) is 25.2 Å². The van der Waals surface area contributed by atoms with Gasteiger partial charge in [0.15, 0.2) is 0 Å². The number of carbonyl (C=O) groups is 1. The molecule has 2 aromatic rings. The summed E-state index contributed by atoms with van der Waals surface area (Å²) in [4.78, 5) is 14.1. The zero-order chi connectivity index (χ0) is 23.3. The van der Waals surface area contributed by atoms with Gasteiger partial charge in [-0.25, -0.2) is 8.42 Å². The third-order valence-electron chi connectivity index (χ3n) is 5.56. The second kappa shape index (κ2) is 8.11. The van der Waals surface area contributed by atoms with Gasteiger partial charge in [-0.3, -0.25) is 9.52 Å². The molecule has 2 aliphatic rings. The number of hydrogen-bond donors (Lipinski definition) is 1. The van der Waals surface area contributed by atoms with E-state index >= 15 is 0 Å². The minimum absolute atomic E-state index is 0.113. The second-order valence-corrected chi connectivity index (χ2v) is 11.3. The van der Waals surface area contributed by atoms with Crippen molar-refractivity contribution in [1.29, 1.82) is 0 Å². The van der Waals surface area contributed by atoms with Crippen molar-refractivity contribution in [3.8, 4) is 0 Å². The van der Waals surface area contributed by atoms with Crippen LogP contribution >= 0.6 is 23.2 Å². The summed E-state index contributed by atoms with van der Waals surface area (Å²) in [5.41, 5.74) is 0.867. The van der Waals surface area contributed by atoms with Crippen molar-refractivity contribution in [1.82, 2.24) is 0 Å². The van der Waals surface area contributed by atoms with Gasteiger partial charge in [0.1, 0.15) is 4.33 Å². The molecule has 2 aromatic carbocycles. The predicted octanol–water partition coefficient (Wildman–Crippen LogP) is 5.12. The third-order valence-corrected chi connectivity index (χ3v) is 7.73. The summed E-state index contributed by atoms with van der Waals surface area (Å²) >= 11 is 12.2.